The first-order valence-electron chi connectivity index (χ1n) is 9.05. The molecule has 1 saturated carbocycles. The molecule has 0 aromatic heterocycles. The lowest BCUT2D eigenvalue weighted by Gasteiger charge is -2.33. The fourth-order valence-corrected chi connectivity index (χ4v) is 4.93. The van der Waals surface area contributed by atoms with Crippen LogP contribution in [0, 0.1) is 0 Å². The lowest BCUT2D eigenvalue weighted by atomic mass is 9.95. The third-order valence-corrected chi connectivity index (χ3v) is 6.58. The molecular formula is C19H28N2O5S. The van der Waals surface area contributed by atoms with E-state index in [9.17, 15) is 13.2 Å². The predicted octanol–water partition coefficient (Wildman–Crippen LogP) is 2.33. The quantitative estimate of drug-likeness (QED) is 0.648. The minimum Gasteiger partial charge on any atom is -0.493 e. The summed E-state index contributed by atoms with van der Waals surface area (Å²) in [6.45, 7) is 3.65. The molecule has 1 aromatic rings. The number of methoxy groups -OCH3 is 2. The number of benzene rings is 1. The molecule has 0 heterocycles. The van der Waals surface area contributed by atoms with Crippen LogP contribution in [0.15, 0.2) is 35.7 Å². The normalized spacial score (nSPS) is 15.4. The van der Waals surface area contributed by atoms with E-state index in [1.165, 1.54) is 30.7 Å². The Labute approximate surface area is 161 Å². The van der Waals surface area contributed by atoms with Crippen LogP contribution in [0.5, 0.6) is 11.5 Å². The van der Waals surface area contributed by atoms with E-state index in [1.807, 2.05) is 0 Å². The second kappa shape index (κ2) is 9.75. The van der Waals surface area contributed by atoms with Gasteiger partial charge in [0.2, 0.25) is 15.9 Å². The summed E-state index contributed by atoms with van der Waals surface area (Å²) < 4.78 is 38.4. The van der Waals surface area contributed by atoms with Crippen LogP contribution in [0.25, 0.3) is 0 Å². The average Bonchev–Trinajstić information content (AvgIpc) is 2.70. The Hall–Kier alpha value is -2.06. The molecule has 2 rings (SSSR count). The fourth-order valence-electron chi connectivity index (χ4n) is 3.28. The second-order valence-corrected chi connectivity index (χ2v) is 8.34. The Morgan fingerprint density at radius 1 is 1.22 bits per heavy atom. The van der Waals surface area contributed by atoms with E-state index >= 15 is 0 Å². The molecule has 8 heteroatoms. The molecule has 0 atom stereocenters. The number of ether oxygens (including phenoxy) is 2. The van der Waals surface area contributed by atoms with Crippen molar-refractivity contribution in [1.82, 2.24) is 9.62 Å². The molecule has 1 aromatic carbocycles. The van der Waals surface area contributed by atoms with Gasteiger partial charge < -0.3 is 14.8 Å². The average molecular weight is 397 g/mol. The smallest absolute Gasteiger partial charge is 0.243 e. The predicted molar refractivity (Wildman–Crippen MR) is 104 cm³/mol. The molecule has 0 radical (unpaired) electrons. The topological polar surface area (TPSA) is 84.9 Å². The van der Waals surface area contributed by atoms with Crippen molar-refractivity contribution in [3.63, 3.8) is 0 Å². The Bertz CT molecular complexity index is 757. The fraction of sp³-hybridized carbons (Fsp3) is 0.526. The van der Waals surface area contributed by atoms with E-state index in [2.05, 4.69) is 11.9 Å². The molecule has 1 amide bonds. The summed E-state index contributed by atoms with van der Waals surface area (Å²) in [7, 11) is -0.923. The van der Waals surface area contributed by atoms with Crippen molar-refractivity contribution in [2.45, 2.75) is 43.0 Å². The molecule has 1 N–H and O–H groups in total. The first-order chi connectivity index (χ1) is 12.9. The number of nitrogens with one attached hydrogen (secondary N) is 1. The first-order valence-corrected chi connectivity index (χ1v) is 10.5. The number of hydrogen-bond acceptors (Lipinski definition) is 5. The van der Waals surface area contributed by atoms with E-state index in [0.717, 1.165) is 32.1 Å². The molecule has 0 spiro atoms. The van der Waals surface area contributed by atoms with Gasteiger partial charge in [0.05, 0.1) is 25.7 Å². The van der Waals surface area contributed by atoms with E-state index in [4.69, 9.17) is 9.47 Å². The summed E-state index contributed by atoms with van der Waals surface area (Å²) in [5.74, 6) is 0.437. The van der Waals surface area contributed by atoms with Crippen LogP contribution >= 0.6 is 0 Å². The van der Waals surface area contributed by atoms with Crippen molar-refractivity contribution in [2.24, 2.45) is 0 Å². The molecule has 1 aliphatic carbocycles. The van der Waals surface area contributed by atoms with Crippen LogP contribution in [-0.4, -0.2) is 52.0 Å². The zero-order chi connectivity index (χ0) is 19.9. The van der Waals surface area contributed by atoms with Crippen LogP contribution < -0.4 is 14.8 Å². The van der Waals surface area contributed by atoms with Crippen LogP contribution in [0.2, 0.25) is 0 Å². The standard InChI is InChI=1S/C19H28N2O5S/c1-4-12-20-19(22)14-21(15-8-6-5-7-9-15)27(23,24)16-10-11-17(25-2)18(13-16)26-3/h4,10-11,13,15H,1,5-9,12,14H2,2-3H3,(H,20,22). The molecule has 27 heavy (non-hydrogen) atoms. The minimum absolute atomic E-state index is 0.0854. The van der Waals surface area contributed by atoms with E-state index < -0.39 is 10.0 Å². The number of nitrogens with zero attached hydrogens (tertiary/aromatic N) is 1. The van der Waals surface area contributed by atoms with Crippen molar-refractivity contribution in [2.75, 3.05) is 27.3 Å². The maximum atomic E-state index is 13.3. The molecular weight excluding hydrogens is 368 g/mol. The highest BCUT2D eigenvalue weighted by Gasteiger charge is 2.34. The number of carbonyl (C=O) groups is 1. The van der Waals surface area contributed by atoms with Gasteiger partial charge in [0, 0.05) is 18.7 Å². The maximum absolute atomic E-state index is 13.3. The lowest BCUT2D eigenvalue weighted by molar-refractivity contribution is -0.121. The van der Waals surface area contributed by atoms with Crippen molar-refractivity contribution >= 4 is 15.9 Å². The minimum atomic E-state index is -3.87. The molecule has 0 aliphatic heterocycles. The summed E-state index contributed by atoms with van der Waals surface area (Å²) in [5, 5.41) is 2.66. The highest BCUT2D eigenvalue weighted by Crippen LogP contribution is 2.33. The zero-order valence-corrected chi connectivity index (χ0v) is 16.8. The Morgan fingerprint density at radius 2 is 1.89 bits per heavy atom. The van der Waals surface area contributed by atoms with Crippen molar-refractivity contribution in [3.05, 3.63) is 30.9 Å². The van der Waals surface area contributed by atoms with E-state index in [0.29, 0.717) is 18.0 Å². The maximum Gasteiger partial charge on any atom is 0.243 e. The van der Waals surface area contributed by atoms with Crippen molar-refractivity contribution < 1.29 is 22.7 Å². The van der Waals surface area contributed by atoms with Gasteiger partial charge in [-0.3, -0.25) is 4.79 Å². The third kappa shape index (κ3) is 5.23. The van der Waals surface area contributed by atoms with Gasteiger partial charge in [-0.05, 0) is 25.0 Å². The molecule has 1 fully saturated rings. The Balaban J connectivity index is 2.36. The van der Waals surface area contributed by atoms with Gasteiger partial charge in [0.1, 0.15) is 0 Å². The van der Waals surface area contributed by atoms with Gasteiger partial charge >= 0.3 is 0 Å². The summed E-state index contributed by atoms with van der Waals surface area (Å²) in [5.41, 5.74) is 0. The van der Waals surface area contributed by atoms with E-state index in [1.54, 1.807) is 12.1 Å². The van der Waals surface area contributed by atoms with Gasteiger partial charge in [-0.1, -0.05) is 25.3 Å². The largest absolute Gasteiger partial charge is 0.493 e. The first kappa shape index (κ1) is 21.2. The third-order valence-electron chi connectivity index (χ3n) is 4.69. The van der Waals surface area contributed by atoms with Crippen LogP contribution in [0.3, 0.4) is 0 Å². The van der Waals surface area contributed by atoms with Gasteiger partial charge in [-0.25, -0.2) is 8.42 Å². The number of sulfonamides is 1. The van der Waals surface area contributed by atoms with Crippen LogP contribution in [-0.2, 0) is 14.8 Å². The van der Waals surface area contributed by atoms with Crippen LogP contribution in [0.1, 0.15) is 32.1 Å². The molecule has 0 bridgehead atoms. The van der Waals surface area contributed by atoms with Gasteiger partial charge in [0.15, 0.2) is 11.5 Å². The molecule has 7 nitrogen and oxygen atoms in total. The Morgan fingerprint density at radius 3 is 2.48 bits per heavy atom. The van der Waals surface area contributed by atoms with Gasteiger partial charge in [-0.2, -0.15) is 4.31 Å². The second-order valence-electron chi connectivity index (χ2n) is 6.45. The van der Waals surface area contributed by atoms with Crippen LogP contribution in [0.4, 0.5) is 0 Å². The number of hydrogen-bond donors (Lipinski definition) is 1. The Kier molecular flexibility index (Phi) is 7.67. The SMILES string of the molecule is C=CCNC(=O)CN(C1CCCCC1)S(=O)(=O)c1ccc(OC)c(OC)c1. The van der Waals surface area contributed by atoms with Gasteiger partial charge in [-0.15, -0.1) is 6.58 Å². The highest BCUT2D eigenvalue weighted by atomic mass is 32.2. The lowest BCUT2D eigenvalue weighted by Crippen LogP contribution is -2.47. The summed E-state index contributed by atoms with van der Waals surface area (Å²) >= 11 is 0. The summed E-state index contributed by atoms with van der Waals surface area (Å²) in [6.07, 6.45) is 6.06. The molecule has 0 unspecified atom stereocenters. The van der Waals surface area contributed by atoms with Crippen molar-refractivity contribution in [3.8, 4) is 11.5 Å². The molecule has 1 aliphatic rings. The zero-order valence-electron chi connectivity index (χ0n) is 15.9. The summed E-state index contributed by atoms with van der Waals surface area (Å²) in [4.78, 5) is 12.3. The number of amides is 1. The highest BCUT2D eigenvalue weighted by molar-refractivity contribution is 7.89. The summed E-state index contributed by atoms with van der Waals surface area (Å²) in [6, 6.07) is 4.29. The van der Waals surface area contributed by atoms with Crippen molar-refractivity contribution in [1.29, 1.82) is 0 Å². The molecule has 150 valence electrons. The number of carbonyl (C=O) groups excluding carboxylic acids is 1. The monoisotopic (exact) mass is 396 g/mol. The number of rotatable bonds is 9. The molecule has 0 saturated heterocycles. The van der Waals surface area contributed by atoms with Gasteiger partial charge in [0.25, 0.3) is 0 Å². The van der Waals surface area contributed by atoms with E-state index in [-0.39, 0.29) is 23.4 Å².